The van der Waals surface area contributed by atoms with Crippen molar-refractivity contribution in [1.82, 2.24) is 5.32 Å². The molecule has 0 aliphatic carbocycles. The molecular weight excluding hydrogens is 364 g/mol. The Bertz CT molecular complexity index is 741. The molecule has 1 aromatic carbocycles. The maximum atomic E-state index is 14.6. The lowest BCUT2D eigenvalue weighted by molar-refractivity contribution is -0.119. The molecule has 2 amide bonds. The lowest BCUT2D eigenvalue weighted by Gasteiger charge is -2.56. The normalized spacial score (nSPS) is 23.5. The second-order valence-electron chi connectivity index (χ2n) is 7.16. The first kappa shape index (κ1) is 17.4. The van der Waals surface area contributed by atoms with Crippen LogP contribution in [-0.2, 0) is 9.53 Å². The molecule has 26 heavy (non-hydrogen) atoms. The molecule has 6 nitrogen and oxygen atoms in total. The van der Waals surface area contributed by atoms with E-state index in [1.807, 2.05) is 11.8 Å². The van der Waals surface area contributed by atoms with E-state index in [2.05, 4.69) is 5.32 Å². The number of hydrogen-bond donors (Lipinski definition) is 1. The Morgan fingerprint density at radius 1 is 1.35 bits per heavy atom. The smallest absolute Gasteiger partial charge is 0.414 e. The fraction of sp³-hybridized carbons (Fsp3) is 0.529. The molecule has 0 bridgehead atoms. The fourth-order valence-electron chi connectivity index (χ4n) is 3.60. The molecular formula is C17H19F2N3O3S. The number of anilines is 2. The van der Waals surface area contributed by atoms with Crippen molar-refractivity contribution < 1.29 is 23.1 Å². The van der Waals surface area contributed by atoms with Crippen LogP contribution in [0.15, 0.2) is 12.1 Å². The van der Waals surface area contributed by atoms with E-state index in [1.165, 1.54) is 24.0 Å². The van der Waals surface area contributed by atoms with Crippen molar-refractivity contribution in [3.63, 3.8) is 0 Å². The summed E-state index contributed by atoms with van der Waals surface area (Å²) < 4.78 is 34.3. The van der Waals surface area contributed by atoms with Gasteiger partial charge < -0.3 is 15.0 Å². The number of rotatable bonds is 4. The maximum Gasteiger partial charge on any atom is 0.414 e. The van der Waals surface area contributed by atoms with Crippen LogP contribution >= 0.6 is 11.8 Å². The van der Waals surface area contributed by atoms with Crippen LogP contribution in [0, 0.1) is 17.0 Å². The molecule has 3 fully saturated rings. The summed E-state index contributed by atoms with van der Waals surface area (Å²) in [6.07, 6.45) is -1.23. The first-order valence-electron chi connectivity index (χ1n) is 8.41. The third-order valence-electron chi connectivity index (χ3n) is 4.95. The molecule has 1 aromatic rings. The summed E-state index contributed by atoms with van der Waals surface area (Å²) in [5, 5.41) is 2.56. The van der Waals surface area contributed by atoms with Gasteiger partial charge in [-0.3, -0.25) is 9.69 Å². The van der Waals surface area contributed by atoms with Crippen LogP contribution in [0.5, 0.6) is 0 Å². The van der Waals surface area contributed by atoms with Crippen LogP contribution in [0.4, 0.5) is 25.0 Å². The molecule has 1 spiro atoms. The van der Waals surface area contributed by atoms with E-state index in [0.717, 1.165) is 11.5 Å². The van der Waals surface area contributed by atoms with Crippen molar-refractivity contribution in [3.05, 3.63) is 23.8 Å². The predicted octanol–water partition coefficient (Wildman–Crippen LogP) is 1.98. The number of cyclic esters (lactones) is 1. The summed E-state index contributed by atoms with van der Waals surface area (Å²) in [6, 6.07) is 2.34. The van der Waals surface area contributed by atoms with Crippen LogP contribution in [0.1, 0.15) is 6.92 Å². The summed E-state index contributed by atoms with van der Waals surface area (Å²) >= 11 is 1.85. The van der Waals surface area contributed by atoms with Crippen LogP contribution in [0.25, 0.3) is 0 Å². The molecule has 9 heteroatoms. The largest absolute Gasteiger partial charge is 0.442 e. The fourth-order valence-corrected chi connectivity index (χ4v) is 4.75. The van der Waals surface area contributed by atoms with E-state index >= 15 is 0 Å². The molecule has 3 aliphatic rings. The number of nitrogens with one attached hydrogen (secondary N) is 1. The Morgan fingerprint density at radius 2 is 2.00 bits per heavy atom. The van der Waals surface area contributed by atoms with Crippen LogP contribution in [-0.4, -0.2) is 55.8 Å². The number of halogens is 2. The molecule has 3 saturated heterocycles. The number of amides is 2. The van der Waals surface area contributed by atoms with E-state index in [1.54, 1.807) is 4.90 Å². The minimum atomic E-state index is -0.681. The van der Waals surface area contributed by atoms with Gasteiger partial charge in [-0.15, -0.1) is 0 Å². The first-order chi connectivity index (χ1) is 12.4. The zero-order valence-corrected chi connectivity index (χ0v) is 15.1. The van der Waals surface area contributed by atoms with Gasteiger partial charge in [-0.2, -0.15) is 11.8 Å². The molecule has 1 atom stereocenters. The minimum absolute atomic E-state index is 0.0290. The zero-order valence-electron chi connectivity index (χ0n) is 14.3. The molecule has 140 valence electrons. The molecule has 0 radical (unpaired) electrons. The molecule has 3 aliphatic heterocycles. The Labute approximate surface area is 153 Å². The zero-order chi connectivity index (χ0) is 18.5. The summed E-state index contributed by atoms with van der Waals surface area (Å²) in [6.45, 7) is 2.98. The molecule has 4 rings (SSSR count). The average molecular weight is 383 g/mol. The summed E-state index contributed by atoms with van der Waals surface area (Å²) in [7, 11) is 0. The van der Waals surface area contributed by atoms with Crippen molar-refractivity contribution in [3.8, 4) is 0 Å². The predicted molar refractivity (Wildman–Crippen MR) is 94.6 cm³/mol. The van der Waals surface area contributed by atoms with E-state index in [4.69, 9.17) is 4.74 Å². The van der Waals surface area contributed by atoms with Gasteiger partial charge in [0.05, 0.1) is 18.8 Å². The second kappa shape index (κ2) is 6.29. The van der Waals surface area contributed by atoms with Gasteiger partial charge in [-0.1, -0.05) is 0 Å². The van der Waals surface area contributed by atoms with Crippen LogP contribution in [0.3, 0.4) is 0 Å². The number of nitrogens with zero attached hydrogens (tertiary/aromatic N) is 2. The van der Waals surface area contributed by atoms with Crippen LogP contribution < -0.4 is 15.1 Å². The standard InChI is InChI=1S/C17H19F2N3O3S/c1-10(23)20-4-12-5-22(16(24)25-12)11-2-13(18)15(14(19)3-11)21-6-17(7-21)8-26-9-17/h2-3,12H,4-9H2,1H3,(H,20,23)/t12-/m0/s1. The Hall–Kier alpha value is -2.03. The third-order valence-corrected chi connectivity index (χ3v) is 6.58. The van der Waals surface area contributed by atoms with Gasteiger partial charge in [0.2, 0.25) is 5.91 Å². The first-order valence-corrected chi connectivity index (χ1v) is 9.57. The molecule has 0 unspecified atom stereocenters. The van der Waals surface area contributed by atoms with E-state index in [-0.39, 0.29) is 35.8 Å². The minimum Gasteiger partial charge on any atom is -0.442 e. The molecule has 0 saturated carbocycles. The van der Waals surface area contributed by atoms with E-state index in [0.29, 0.717) is 13.1 Å². The van der Waals surface area contributed by atoms with Gasteiger partial charge in [0, 0.05) is 49.1 Å². The van der Waals surface area contributed by atoms with Crippen molar-refractivity contribution in [1.29, 1.82) is 0 Å². The highest BCUT2D eigenvalue weighted by Gasteiger charge is 2.49. The lowest BCUT2D eigenvalue weighted by Crippen LogP contribution is -2.63. The Morgan fingerprint density at radius 3 is 2.54 bits per heavy atom. The highest BCUT2D eigenvalue weighted by atomic mass is 32.2. The third kappa shape index (κ3) is 2.98. The monoisotopic (exact) mass is 383 g/mol. The van der Waals surface area contributed by atoms with Crippen molar-refractivity contribution >= 4 is 35.1 Å². The van der Waals surface area contributed by atoms with Gasteiger partial charge in [0.15, 0.2) is 11.6 Å². The molecule has 1 N–H and O–H groups in total. The highest BCUT2D eigenvalue weighted by Crippen LogP contribution is 2.48. The summed E-state index contributed by atoms with van der Waals surface area (Å²) in [5.41, 5.74) is 0.310. The SMILES string of the molecule is CC(=O)NC[C@H]1CN(c2cc(F)c(N3CC4(CSC4)C3)c(F)c2)C(=O)O1. The number of carbonyl (C=O) groups excluding carboxylic acids is 2. The number of benzene rings is 1. The number of carbonyl (C=O) groups is 2. The highest BCUT2D eigenvalue weighted by molar-refractivity contribution is 8.00. The number of ether oxygens (including phenoxy) is 1. The van der Waals surface area contributed by atoms with Crippen LogP contribution in [0.2, 0.25) is 0 Å². The molecule has 3 heterocycles. The van der Waals surface area contributed by atoms with E-state index in [9.17, 15) is 18.4 Å². The maximum absolute atomic E-state index is 14.6. The van der Waals surface area contributed by atoms with E-state index < -0.39 is 23.8 Å². The number of hydrogen-bond acceptors (Lipinski definition) is 5. The van der Waals surface area contributed by atoms with Crippen molar-refractivity contribution in [2.45, 2.75) is 13.0 Å². The van der Waals surface area contributed by atoms with Gasteiger partial charge in [-0.05, 0) is 0 Å². The lowest BCUT2D eigenvalue weighted by atomic mass is 9.82. The topological polar surface area (TPSA) is 61.9 Å². The Balaban J connectivity index is 1.48. The number of thioether (sulfide) groups is 1. The van der Waals surface area contributed by atoms with Gasteiger partial charge in [-0.25, -0.2) is 13.6 Å². The van der Waals surface area contributed by atoms with Gasteiger partial charge in [0.1, 0.15) is 11.8 Å². The van der Waals surface area contributed by atoms with Gasteiger partial charge in [0.25, 0.3) is 0 Å². The summed E-state index contributed by atoms with van der Waals surface area (Å²) in [4.78, 5) is 25.9. The quantitative estimate of drug-likeness (QED) is 0.862. The molecule has 0 aromatic heterocycles. The van der Waals surface area contributed by atoms with Crippen molar-refractivity contribution in [2.24, 2.45) is 5.41 Å². The Kier molecular flexibility index (Phi) is 4.21. The van der Waals surface area contributed by atoms with Gasteiger partial charge >= 0.3 is 6.09 Å². The second-order valence-corrected chi connectivity index (χ2v) is 8.15. The summed E-state index contributed by atoms with van der Waals surface area (Å²) in [5.74, 6) is 0.485. The van der Waals surface area contributed by atoms with Crippen molar-refractivity contribution in [2.75, 3.05) is 47.5 Å². The average Bonchev–Trinajstić information content (AvgIpc) is 2.85.